The molecule has 2 atom stereocenters. The van der Waals surface area contributed by atoms with Gasteiger partial charge in [0.15, 0.2) is 0 Å². The Balaban J connectivity index is 1.81. The minimum Gasteiger partial charge on any atom is -0.399 e. The maximum atomic E-state index is 6.14. The van der Waals surface area contributed by atoms with E-state index in [1.165, 1.54) is 0 Å². The van der Waals surface area contributed by atoms with Gasteiger partial charge in [0.2, 0.25) is 0 Å². The van der Waals surface area contributed by atoms with Gasteiger partial charge in [0, 0.05) is 19.3 Å². The molecule has 23 heavy (non-hydrogen) atoms. The molecule has 2 saturated heterocycles. The predicted molar refractivity (Wildman–Crippen MR) is 92.2 cm³/mol. The number of hydrogen-bond acceptors (Lipinski definition) is 5. The van der Waals surface area contributed by atoms with Crippen molar-refractivity contribution in [2.75, 3.05) is 18.0 Å². The molecule has 1 aromatic heterocycles. The zero-order chi connectivity index (χ0) is 16.8. The largest absolute Gasteiger partial charge is 0.495 e. The fourth-order valence-electron chi connectivity index (χ4n) is 3.10. The van der Waals surface area contributed by atoms with E-state index in [4.69, 9.17) is 14.0 Å². The Bertz CT molecular complexity index is 553. The van der Waals surface area contributed by atoms with Crippen molar-refractivity contribution in [1.29, 1.82) is 0 Å². The Labute approximate surface area is 139 Å². The Hall–Kier alpha value is -1.11. The molecular weight excluding hydrogens is 291 g/mol. The monoisotopic (exact) mass is 318 g/mol. The lowest BCUT2D eigenvalue weighted by Gasteiger charge is -2.36. The molecule has 3 heterocycles. The lowest BCUT2D eigenvalue weighted by atomic mass is 9.79. The summed E-state index contributed by atoms with van der Waals surface area (Å²) in [4.78, 5) is 6.81. The van der Waals surface area contributed by atoms with Gasteiger partial charge in [0.25, 0.3) is 0 Å². The molecule has 0 spiro atoms. The first-order chi connectivity index (χ1) is 10.7. The van der Waals surface area contributed by atoms with Crippen molar-refractivity contribution >= 4 is 18.4 Å². The maximum absolute atomic E-state index is 6.14. The van der Waals surface area contributed by atoms with Crippen molar-refractivity contribution in [2.45, 2.75) is 65.0 Å². The van der Waals surface area contributed by atoms with Gasteiger partial charge < -0.3 is 18.9 Å². The van der Waals surface area contributed by atoms with Crippen LogP contribution in [-0.4, -0.2) is 48.6 Å². The van der Waals surface area contributed by atoms with Crippen LogP contribution in [0.15, 0.2) is 18.3 Å². The van der Waals surface area contributed by atoms with Gasteiger partial charge in [-0.25, -0.2) is 4.98 Å². The standard InChI is InChI=1S/C17H27BN2O3/c1-12-10-20(11-13(2)21-12)15-9-14(7-8-19-15)18-22-16(3,4)17(5,6)23-18/h7-9,12-13H,10-11H2,1-6H3/t12-,13-/m1/s1. The number of ether oxygens (including phenoxy) is 1. The van der Waals surface area contributed by atoms with Crippen molar-refractivity contribution in [3.63, 3.8) is 0 Å². The maximum Gasteiger partial charge on any atom is 0.495 e. The second-order valence-electron chi connectivity index (χ2n) is 7.70. The van der Waals surface area contributed by atoms with Gasteiger partial charge in [-0.1, -0.05) is 0 Å². The van der Waals surface area contributed by atoms with E-state index in [0.29, 0.717) is 0 Å². The highest BCUT2D eigenvalue weighted by molar-refractivity contribution is 6.62. The molecule has 2 aliphatic heterocycles. The van der Waals surface area contributed by atoms with E-state index < -0.39 is 0 Å². The van der Waals surface area contributed by atoms with Crippen molar-refractivity contribution in [2.24, 2.45) is 0 Å². The number of anilines is 1. The smallest absolute Gasteiger partial charge is 0.399 e. The molecule has 1 aromatic rings. The number of aromatic nitrogens is 1. The SMILES string of the molecule is C[C@@H]1CN(c2cc(B3OC(C)(C)C(C)(C)O3)ccn2)C[C@@H](C)O1. The quantitative estimate of drug-likeness (QED) is 0.780. The Kier molecular flexibility index (Phi) is 4.19. The van der Waals surface area contributed by atoms with Gasteiger partial charge >= 0.3 is 7.12 Å². The molecule has 2 aliphatic rings. The molecule has 0 saturated carbocycles. The van der Waals surface area contributed by atoms with Crippen LogP contribution in [0, 0.1) is 0 Å². The van der Waals surface area contributed by atoms with Crippen LogP contribution in [0.25, 0.3) is 0 Å². The second kappa shape index (κ2) is 5.76. The fraction of sp³-hybridized carbons (Fsp3) is 0.706. The number of morpholine rings is 1. The van der Waals surface area contributed by atoms with E-state index in [1.54, 1.807) is 0 Å². The van der Waals surface area contributed by atoms with Crippen molar-refractivity contribution in [1.82, 2.24) is 4.98 Å². The molecule has 0 N–H and O–H groups in total. The molecule has 0 bridgehead atoms. The van der Waals surface area contributed by atoms with Gasteiger partial charge in [-0.2, -0.15) is 0 Å². The van der Waals surface area contributed by atoms with E-state index >= 15 is 0 Å². The van der Waals surface area contributed by atoms with Gasteiger partial charge in [-0.05, 0) is 59.1 Å². The molecule has 0 unspecified atom stereocenters. The first-order valence-electron chi connectivity index (χ1n) is 8.40. The van der Waals surface area contributed by atoms with Gasteiger partial charge in [-0.15, -0.1) is 0 Å². The van der Waals surface area contributed by atoms with E-state index in [2.05, 4.69) is 57.5 Å². The van der Waals surface area contributed by atoms with E-state index in [-0.39, 0.29) is 30.5 Å². The Morgan fingerprint density at radius 1 is 1.09 bits per heavy atom. The highest BCUT2D eigenvalue weighted by Gasteiger charge is 2.51. The number of nitrogens with zero attached hydrogens (tertiary/aromatic N) is 2. The lowest BCUT2D eigenvalue weighted by molar-refractivity contribution is -0.00545. The van der Waals surface area contributed by atoms with Crippen molar-refractivity contribution < 1.29 is 14.0 Å². The molecule has 6 heteroatoms. The first-order valence-corrected chi connectivity index (χ1v) is 8.40. The molecule has 0 radical (unpaired) electrons. The van der Waals surface area contributed by atoms with Crippen LogP contribution in [-0.2, 0) is 14.0 Å². The van der Waals surface area contributed by atoms with Crippen LogP contribution in [0.2, 0.25) is 0 Å². The topological polar surface area (TPSA) is 43.8 Å². The average molecular weight is 318 g/mol. The first kappa shape index (κ1) is 16.7. The van der Waals surface area contributed by atoms with E-state index in [0.717, 1.165) is 24.4 Å². The average Bonchev–Trinajstić information content (AvgIpc) is 2.67. The van der Waals surface area contributed by atoms with E-state index in [9.17, 15) is 0 Å². The van der Waals surface area contributed by atoms with Gasteiger partial charge in [0.05, 0.1) is 23.4 Å². The summed E-state index contributed by atoms with van der Waals surface area (Å²) in [5.41, 5.74) is 0.354. The molecule has 5 nitrogen and oxygen atoms in total. The highest BCUT2D eigenvalue weighted by Crippen LogP contribution is 2.36. The molecule has 3 rings (SSSR count). The summed E-state index contributed by atoms with van der Waals surface area (Å²) < 4.78 is 18.1. The number of hydrogen-bond donors (Lipinski definition) is 0. The Morgan fingerprint density at radius 3 is 2.22 bits per heavy atom. The molecule has 0 aliphatic carbocycles. The minimum absolute atomic E-state index is 0.209. The summed E-state index contributed by atoms with van der Waals surface area (Å²) in [5, 5.41) is 0. The molecule has 2 fully saturated rings. The van der Waals surface area contributed by atoms with Crippen LogP contribution >= 0.6 is 0 Å². The van der Waals surface area contributed by atoms with Gasteiger partial charge in [-0.3, -0.25) is 0 Å². The summed E-state index contributed by atoms with van der Waals surface area (Å²) in [6.45, 7) is 14.2. The fourth-order valence-corrected chi connectivity index (χ4v) is 3.10. The predicted octanol–water partition coefficient (Wildman–Crippen LogP) is 1.99. The third-order valence-corrected chi connectivity index (χ3v) is 5.04. The zero-order valence-electron chi connectivity index (χ0n) is 15.0. The number of rotatable bonds is 2. The summed E-state index contributed by atoms with van der Waals surface area (Å²) >= 11 is 0. The molecular formula is C17H27BN2O3. The van der Waals surface area contributed by atoms with Crippen LogP contribution in [0.5, 0.6) is 0 Å². The minimum atomic E-state index is -0.349. The third kappa shape index (κ3) is 3.25. The summed E-state index contributed by atoms with van der Waals surface area (Å²) in [6, 6.07) is 4.05. The highest BCUT2D eigenvalue weighted by atomic mass is 16.7. The normalized spacial score (nSPS) is 29.8. The third-order valence-electron chi connectivity index (χ3n) is 5.04. The Morgan fingerprint density at radius 2 is 1.65 bits per heavy atom. The summed E-state index contributed by atoms with van der Waals surface area (Å²) in [6.07, 6.45) is 2.25. The lowest BCUT2D eigenvalue weighted by Crippen LogP contribution is -2.46. The molecule has 126 valence electrons. The van der Waals surface area contributed by atoms with Crippen molar-refractivity contribution in [3.8, 4) is 0 Å². The van der Waals surface area contributed by atoms with E-state index in [1.807, 2.05) is 12.3 Å². The second-order valence-corrected chi connectivity index (χ2v) is 7.70. The molecule has 0 aromatic carbocycles. The summed E-state index contributed by atoms with van der Waals surface area (Å²) in [7, 11) is -0.349. The van der Waals surface area contributed by atoms with Crippen molar-refractivity contribution in [3.05, 3.63) is 18.3 Å². The van der Waals surface area contributed by atoms with Crippen LogP contribution in [0.3, 0.4) is 0 Å². The van der Waals surface area contributed by atoms with Gasteiger partial charge in [0.1, 0.15) is 5.82 Å². The zero-order valence-corrected chi connectivity index (χ0v) is 15.0. The summed E-state index contributed by atoms with van der Waals surface area (Å²) in [5.74, 6) is 0.958. The van der Waals surface area contributed by atoms with Crippen LogP contribution in [0.4, 0.5) is 5.82 Å². The van der Waals surface area contributed by atoms with Crippen LogP contribution < -0.4 is 10.4 Å². The molecule has 0 amide bonds. The number of pyridine rings is 1. The van der Waals surface area contributed by atoms with Crippen LogP contribution in [0.1, 0.15) is 41.5 Å².